The molecule has 0 N–H and O–H groups in total. The van der Waals surface area contributed by atoms with Gasteiger partial charge in [-0.3, -0.25) is 0 Å². The van der Waals surface area contributed by atoms with Crippen LogP contribution in [0.15, 0.2) is 267 Å². The molecular weight excluding hydrogens is 881 g/mol. The molecule has 16 rings (SSSR count). The topological polar surface area (TPSA) is 8.17 Å². The van der Waals surface area contributed by atoms with Gasteiger partial charge in [0.25, 0.3) is 0 Å². The normalized spacial score (nSPS) is 13.0. The van der Waals surface area contributed by atoms with Crippen molar-refractivity contribution in [3.05, 3.63) is 289 Å². The van der Waals surface area contributed by atoms with Crippen molar-refractivity contribution in [3.8, 4) is 39.1 Å². The van der Waals surface area contributed by atoms with Gasteiger partial charge in [0.1, 0.15) is 0 Å². The van der Waals surface area contributed by atoms with Gasteiger partial charge in [-0.15, -0.1) is 0 Å². The molecular formula is C71H44N2. The number of fused-ring (bicyclic) bond motifs is 21. The number of hydrogen-bond acceptors (Lipinski definition) is 1. The Morgan fingerprint density at radius 3 is 1.42 bits per heavy atom. The molecule has 338 valence electrons. The van der Waals surface area contributed by atoms with Crippen molar-refractivity contribution in [1.82, 2.24) is 4.57 Å². The zero-order valence-corrected chi connectivity index (χ0v) is 39.8. The lowest BCUT2D eigenvalue weighted by Gasteiger charge is -2.32. The number of anilines is 3. The largest absolute Gasteiger partial charge is 0.310 e. The Hall–Kier alpha value is -9.50. The first-order chi connectivity index (χ1) is 36.2. The highest BCUT2D eigenvalue weighted by molar-refractivity contribution is 6.26. The Labute approximate surface area is 422 Å². The van der Waals surface area contributed by atoms with E-state index in [9.17, 15) is 0 Å². The summed E-state index contributed by atoms with van der Waals surface area (Å²) in [6.45, 7) is 0. The molecule has 2 aliphatic carbocycles. The van der Waals surface area contributed by atoms with Crippen molar-refractivity contribution < 1.29 is 0 Å². The first-order valence-electron chi connectivity index (χ1n) is 25.4. The SMILES string of the molecule is c1ccc(-n2c3cccc(-c4ccc(N(c5ccc6c(c5)C5(c7ccccc7-c7ccccc75)c5ccccc5-6)c5ccc6c7ccccc7c7ccccc7c6c5)cc4)c3c3ccc4ccccc4c32)cc1. The number of aromatic nitrogens is 1. The van der Waals surface area contributed by atoms with Gasteiger partial charge in [0, 0.05) is 38.9 Å². The molecule has 13 aromatic carbocycles. The third kappa shape index (κ3) is 5.52. The van der Waals surface area contributed by atoms with Crippen LogP contribution in [0.4, 0.5) is 17.1 Å². The highest BCUT2D eigenvalue weighted by atomic mass is 15.1. The van der Waals surface area contributed by atoms with Gasteiger partial charge in [-0.25, -0.2) is 0 Å². The maximum atomic E-state index is 2.51. The van der Waals surface area contributed by atoms with Gasteiger partial charge >= 0.3 is 0 Å². The lowest BCUT2D eigenvalue weighted by atomic mass is 9.70. The van der Waals surface area contributed by atoms with E-state index >= 15 is 0 Å². The molecule has 0 radical (unpaired) electrons. The molecule has 14 aromatic rings. The zero-order chi connectivity index (χ0) is 47.8. The van der Waals surface area contributed by atoms with Crippen LogP contribution in [-0.2, 0) is 5.41 Å². The number of nitrogens with zero attached hydrogens (tertiary/aromatic N) is 2. The fourth-order valence-corrected chi connectivity index (χ4v) is 13.4. The van der Waals surface area contributed by atoms with Gasteiger partial charge in [0.15, 0.2) is 0 Å². The number of benzene rings is 13. The molecule has 2 aliphatic rings. The van der Waals surface area contributed by atoms with Crippen LogP contribution in [-0.4, -0.2) is 4.57 Å². The molecule has 0 unspecified atom stereocenters. The van der Waals surface area contributed by atoms with E-state index in [0.717, 1.165) is 22.7 Å². The number of rotatable bonds is 5. The van der Waals surface area contributed by atoms with Crippen LogP contribution >= 0.6 is 0 Å². The van der Waals surface area contributed by atoms with Gasteiger partial charge in [0.2, 0.25) is 0 Å². The highest BCUT2D eigenvalue weighted by Crippen LogP contribution is 2.63. The van der Waals surface area contributed by atoms with E-state index in [-0.39, 0.29) is 0 Å². The quantitative estimate of drug-likeness (QED) is 0.156. The standard InChI is InChI=1S/C71H44N2/c1-2-18-47(19-3-1)73-68-32-16-28-51(69(68)62-40-35-45-17-4-5-20-52(45)70(62)73)46-33-36-48(37-34-46)72(49-38-41-57-55-23-7-6-21-53(55)54-22-8-9-24-56(54)63(57)43-49)50-39-42-61-60-27-12-15-31-66(60)71(67(61)44-50)64-29-13-10-25-58(64)59-26-11-14-30-65(59)71/h1-44H. The lowest BCUT2D eigenvalue weighted by Crippen LogP contribution is -2.26. The molecule has 0 aliphatic heterocycles. The summed E-state index contributed by atoms with van der Waals surface area (Å²) < 4.78 is 2.46. The molecule has 73 heavy (non-hydrogen) atoms. The maximum absolute atomic E-state index is 2.51. The summed E-state index contributed by atoms with van der Waals surface area (Å²) in [4.78, 5) is 2.49. The summed E-state index contributed by atoms with van der Waals surface area (Å²) in [6, 6.07) is 99.7. The Morgan fingerprint density at radius 1 is 0.288 bits per heavy atom. The summed E-state index contributed by atoms with van der Waals surface area (Å²) in [5.74, 6) is 0. The van der Waals surface area contributed by atoms with Gasteiger partial charge in [0.05, 0.1) is 16.4 Å². The molecule has 0 saturated carbocycles. The number of para-hydroxylation sites is 1. The number of hydrogen-bond donors (Lipinski definition) is 0. The molecule has 1 heterocycles. The Balaban J connectivity index is 0.932. The minimum Gasteiger partial charge on any atom is -0.310 e. The second-order valence-electron chi connectivity index (χ2n) is 19.9. The average molecular weight is 925 g/mol. The predicted octanol–water partition coefficient (Wildman–Crippen LogP) is 18.9. The first-order valence-corrected chi connectivity index (χ1v) is 25.4. The van der Waals surface area contributed by atoms with Gasteiger partial charge < -0.3 is 9.47 Å². The molecule has 0 amide bonds. The molecule has 2 nitrogen and oxygen atoms in total. The van der Waals surface area contributed by atoms with E-state index in [1.54, 1.807) is 0 Å². The Morgan fingerprint density at radius 2 is 0.767 bits per heavy atom. The van der Waals surface area contributed by atoms with E-state index in [0.29, 0.717) is 0 Å². The summed E-state index contributed by atoms with van der Waals surface area (Å²) >= 11 is 0. The monoisotopic (exact) mass is 924 g/mol. The van der Waals surface area contributed by atoms with Crippen molar-refractivity contribution in [2.45, 2.75) is 5.41 Å². The minimum atomic E-state index is -0.466. The molecule has 2 heteroatoms. The lowest BCUT2D eigenvalue weighted by molar-refractivity contribution is 0.793. The average Bonchev–Trinajstić information content (AvgIpc) is 4.09. The van der Waals surface area contributed by atoms with Crippen molar-refractivity contribution in [1.29, 1.82) is 0 Å². The summed E-state index contributed by atoms with van der Waals surface area (Å²) in [5.41, 5.74) is 19.4. The van der Waals surface area contributed by atoms with E-state index in [4.69, 9.17) is 0 Å². The van der Waals surface area contributed by atoms with E-state index in [1.165, 1.54) is 121 Å². The molecule has 1 aromatic heterocycles. The van der Waals surface area contributed by atoms with Crippen molar-refractivity contribution in [3.63, 3.8) is 0 Å². The first kappa shape index (κ1) is 40.3. The van der Waals surface area contributed by atoms with Crippen LogP contribution < -0.4 is 4.90 Å². The zero-order valence-electron chi connectivity index (χ0n) is 39.8. The Bertz CT molecular complexity index is 4520. The molecule has 0 bridgehead atoms. The summed E-state index contributed by atoms with van der Waals surface area (Å²) in [7, 11) is 0. The molecule has 0 atom stereocenters. The fraction of sp³-hybridized carbons (Fsp3) is 0.0141. The van der Waals surface area contributed by atoms with Gasteiger partial charge in [-0.2, -0.15) is 0 Å². The molecule has 1 spiro atoms. The minimum absolute atomic E-state index is 0.466. The third-order valence-electron chi connectivity index (χ3n) is 16.4. The van der Waals surface area contributed by atoms with Crippen LogP contribution in [0, 0.1) is 0 Å². The Kier molecular flexibility index (Phi) is 8.41. The van der Waals surface area contributed by atoms with Crippen LogP contribution in [0.25, 0.3) is 104 Å². The summed E-state index contributed by atoms with van der Waals surface area (Å²) in [5, 5.41) is 12.6. The maximum Gasteiger partial charge on any atom is 0.0726 e. The van der Waals surface area contributed by atoms with Gasteiger partial charge in [-0.05, 0) is 148 Å². The van der Waals surface area contributed by atoms with Gasteiger partial charge in [-0.1, -0.05) is 212 Å². The van der Waals surface area contributed by atoms with Crippen LogP contribution in [0.5, 0.6) is 0 Å². The van der Waals surface area contributed by atoms with E-state index < -0.39 is 5.41 Å². The fourth-order valence-electron chi connectivity index (χ4n) is 13.4. The van der Waals surface area contributed by atoms with E-state index in [1.807, 2.05) is 0 Å². The van der Waals surface area contributed by atoms with Crippen LogP contribution in [0.1, 0.15) is 22.3 Å². The van der Waals surface area contributed by atoms with Crippen LogP contribution in [0.3, 0.4) is 0 Å². The van der Waals surface area contributed by atoms with Crippen molar-refractivity contribution in [2.75, 3.05) is 4.90 Å². The highest BCUT2D eigenvalue weighted by Gasteiger charge is 2.51. The summed E-state index contributed by atoms with van der Waals surface area (Å²) in [6.07, 6.45) is 0. The second kappa shape index (κ2) is 15.3. The van der Waals surface area contributed by atoms with Crippen LogP contribution in [0.2, 0.25) is 0 Å². The van der Waals surface area contributed by atoms with Crippen molar-refractivity contribution in [2.24, 2.45) is 0 Å². The smallest absolute Gasteiger partial charge is 0.0726 e. The second-order valence-corrected chi connectivity index (χ2v) is 19.9. The predicted molar refractivity (Wildman–Crippen MR) is 307 cm³/mol. The third-order valence-corrected chi connectivity index (χ3v) is 16.4. The molecule has 0 saturated heterocycles. The van der Waals surface area contributed by atoms with E-state index in [2.05, 4.69) is 276 Å². The molecule has 0 fully saturated rings. The van der Waals surface area contributed by atoms with Crippen molar-refractivity contribution >= 4 is 82.0 Å².